The number of nitrogens with one attached hydrogen (secondary N) is 2. The van der Waals surface area contributed by atoms with Crippen LogP contribution in [0.3, 0.4) is 0 Å². The molecule has 0 unspecified atom stereocenters. The number of rotatable bonds is 6. The molecule has 6 nitrogen and oxygen atoms in total. The van der Waals surface area contributed by atoms with Crippen molar-refractivity contribution in [3.63, 3.8) is 0 Å². The van der Waals surface area contributed by atoms with E-state index in [0.29, 0.717) is 35.1 Å². The Labute approximate surface area is 153 Å². The first-order valence-electron chi connectivity index (χ1n) is 8.70. The number of hydrogen-bond donors (Lipinski definition) is 3. The van der Waals surface area contributed by atoms with E-state index in [9.17, 15) is 4.79 Å². The van der Waals surface area contributed by atoms with Crippen LogP contribution >= 0.6 is 0 Å². The molecule has 4 N–H and O–H groups in total. The summed E-state index contributed by atoms with van der Waals surface area (Å²) in [5.74, 6) is 0. The van der Waals surface area contributed by atoms with Crippen LogP contribution in [0.2, 0.25) is 0 Å². The highest BCUT2D eigenvalue weighted by Crippen LogP contribution is 2.24. The Morgan fingerprint density at radius 1 is 1.23 bits per heavy atom. The van der Waals surface area contributed by atoms with Gasteiger partial charge in [-0.15, -0.1) is 0 Å². The van der Waals surface area contributed by atoms with Crippen molar-refractivity contribution in [3.8, 4) is 0 Å². The summed E-state index contributed by atoms with van der Waals surface area (Å²) in [6.07, 6.45) is 2.67. The second-order valence-electron chi connectivity index (χ2n) is 6.44. The molecule has 0 aliphatic carbocycles. The van der Waals surface area contributed by atoms with Gasteiger partial charge in [0.15, 0.2) is 0 Å². The Balaban J connectivity index is 1.78. The zero-order valence-corrected chi connectivity index (χ0v) is 14.9. The van der Waals surface area contributed by atoms with Gasteiger partial charge < -0.3 is 20.7 Å². The summed E-state index contributed by atoms with van der Waals surface area (Å²) in [4.78, 5) is 12.9. The highest BCUT2D eigenvalue weighted by Gasteiger charge is 2.19. The van der Waals surface area contributed by atoms with Crippen molar-refractivity contribution in [2.45, 2.75) is 18.9 Å². The van der Waals surface area contributed by atoms with Gasteiger partial charge in [-0.2, -0.15) is 0 Å². The molecular formula is C20H24N4O2. The summed E-state index contributed by atoms with van der Waals surface area (Å²) in [6, 6.07) is 13.5. The van der Waals surface area contributed by atoms with Crippen LogP contribution in [0.4, 0.5) is 17.1 Å². The molecule has 1 aliphatic rings. The number of nitrogens with zero attached hydrogens (tertiary/aromatic N) is 1. The van der Waals surface area contributed by atoms with Crippen LogP contribution in [0.5, 0.6) is 0 Å². The monoisotopic (exact) mass is 352 g/mol. The molecule has 26 heavy (non-hydrogen) atoms. The fraction of sp³-hybridized carbons (Fsp3) is 0.300. The van der Waals surface area contributed by atoms with Gasteiger partial charge in [0.25, 0.3) is 0 Å². The van der Waals surface area contributed by atoms with E-state index in [0.717, 1.165) is 37.3 Å². The van der Waals surface area contributed by atoms with Crippen LogP contribution < -0.4 is 16.0 Å². The predicted molar refractivity (Wildman–Crippen MR) is 105 cm³/mol. The molecule has 1 aliphatic heterocycles. The van der Waals surface area contributed by atoms with Crippen molar-refractivity contribution in [2.75, 3.05) is 36.2 Å². The molecule has 3 rings (SSSR count). The molecule has 1 heterocycles. The highest BCUT2D eigenvalue weighted by molar-refractivity contribution is 6.14. The van der Waals surface area contributed by atoms with Gasteiger partial charge in [0, 0.05) is 54.5 Å². The van der Waals surface area contributed by atoms with Crippen LogP contribution in [0.1, 0.15) is 24.0 Å². The van der Waals surface area contributed by atoms with Crippen molar-refractivity contribution >= 4 is 29.2 Å². The standard InChI is InChI=1S/C20H24N4O2/c1-24(17-8-10-26-11-9-17)16-5-2-14(3-6-16)20(22)18-12-15(23-13-25)4-7-19(18)21/h2-7,12-13,17,22H,8-11,21H2,1H3,(H,23,25). The molecule has 2 aromatic rings. The molecule has 0 aromatic heterocycles. The third-order valence-corrected chi connectivity index (χ3v) is 4.85. The van der Waals surface area contributed by atoms with Gasteiger partial charge in [-0.3, -0.25) is 10.2 Å². The lowest BCUT2D eigenvalue weighted by Gasteiger charge is -2.33. The second kappa shape index (κ2) is 8.01. The van der Waals surface area contributed by atoms with Crippen molar-refractivity contribution in [2.24, 2.45) is 0 Å². The van der Waals surface area contributed by atoms with E-state index < -0.39 is 0 Å². The van der Waals surface area contributed by atoms with E-state index >= 15 is 0 Å². The van der Waals surface area contributed by atoms with E-state index in [4.69, 9.17) is 15.9 Å². The fourth-order valence-corrected chi connectivity index (χ4v) is 3.23. The van der Waals surface area contributed by atoms with Gasteiger partial charge in [0.2, 0.25) is 6.41 Å². The molecule has 2 aromatic carbocycles. The summed E-state index contributed by atoms with van der Waals surface area (Å²) >= 11 is 0. The predicted octanol–water partition coefficient (Wildman–Crippen LogP) is 2.87. The highest BCUT2D eigenvalue weighted by atomic mass is 16.5. The first-order chi connectivity index (χ1) is 12.6. The van der Waals surface area contributed by atoms with E-state index in [2.05, 4.69) is 17.3 Å². The number of hydrogen-bond acceptors (Lipinski definition) is 5. The Kier molecular flexibility index (Phi) is 5.53. The zero-order chi connectivity index (χ0) is 18.5. The van der Waals surface area contributed by atoms with Crippen LogP contribution in [0.25, 0.3) is 0 Å². The Morgan fingerprint density at radius 3 is 2.58 bits per heavy atom. The largest absolute Gasteiger partial charge is 0.398 e. The van der Waals surface area contributed by atoms with Crippen LogP contribution in [0.15, 0.2) is 42.5 Å². The topological polar surface area (TPSA) is 91.4 Å². The van der Waals surface area contributed by atoms with Gasteiger partial charge in [0.05, 0.1) is 5.71 Å². The number of nitrogen functional groups attached to an aromatic ring is 1. The maximum Gasteiger partial charge on any atom is 0.211 e. The van der Waals surface area contributed by atoms with Crippen LogP contribution in [-0.2, 0) is 9.53 Å². The molecule has 1 fully saturated rings. The van der Waals surface area contributed by atoms with E-state index in [1.54, 1.807) is 18.2 Å². The third-order valence-electron chi connectivity index (χ3n) is 4.85. The van der Waals surface area contributed by atoms with E-state index in [1.807, 2.05) is 24.3 Å². The van der Waals surface area contributed by atoms with E-state index in [-0.39, 0.29) is 0 Å². The molecule has 0 spiro atoms. The van der Waals surface area contributed by atoms with Gasteiger partial charge in [-0.25, -0.2) is 0 Å². The molecule has 1 amide bonds. The number of nitrogens with two attached hydrogens (primary N) is 1. The molecule has 0 atom stereocenters. The number of carbonyl (C=O) groups excluding carboxylic acids is 1. The number of carbonyl (C=O) groups is 1. The van der Waals surface area contributed by atoms with Crippen molar-refractivity contribution < 1.29 is 9.53 Å². The average Bonchev–Trinajstić information content (AvgIpc) is 2.69. The fourth-order valence-electron chi connectivity index (χ4n) is 3.23. The molecule has 0 saturated carbocycles. The number of ether oxygens (including phenoxy) is 1. The van der Waals surface area contributed by atoms with Gasteiger partial charge >= 0.3 is 0 Å². The normalized spacial score (nSPS) is 14.7. The van der Waals surface area contributed by atoms with Gasteiger partial charge in [-0.1, -0.05) is 12.1 Å². The number of amides is 1. The summed E-state index contributed by atoms with van der Waals surface area (Å²) in [5, 5.41) is 11.1. The molecule has 136 valence electrons. The maximum absolute atomic E-state index is 10.6. The van der Waals surface area contributed by atoms with Crippen molar-refractivity contribution in [3.05, 3.63) is 53.6 Å². The second-order valence-corrected chi connectivity index (χ2v) is 6.44. The van der Waals surface area contributed by atoms with E-state index in [1.165, 1.54) is 0 Å². The molecule has 1 saturated heterocycles. The number of anilines is 3. The maximum atomic E-state index is 10.6. The average molecular weight is 352 g/mol. The lowest BCUT2D eigenvalue weighted by molar-refractivity contribution is -0.105. The molecule has 0 radical (unpaired) electrons. The minimum absolute atomic E-state index is 0.331. The smallest absolute Gasteiger partial charge is 0.211 e. The molecule has 0 bridgehead atoms. The molecular weight excluding hydrogens is 328 g/mol. The minimum Gasteiger partial charge on any atom is -0.398 e. The summed E-state index contributed by atoms with van der Waals surface area (Å²) < 4.78 is 5.43. The number of benzene rings is 2. The zero-order valence-electron chi connectivity index (χ0n) is 14.9. The Hall–Kier alpha value is -2.86. The minimum atomic E-state index is 0.331. The van der Waals surface area contributed by atoms with Crippen molar-refractivity contribution in [1.82, 2.24) is 0 Å². The van der Waals surface area contributed by atoms with Crippen LogP contribution in [0, 0.1) is 5.41 Å². The third kappa shape index (κ3) is 3.86. The first kappa shape index (κ1) is 17.9. The van der Waals surface area contributed by atoms with Gasteiger partial charge in [0.1, 0.15) is 0 Å². The van der Waals surface area contributed by atoms with Crippen molar-refractivity contribution in [1.29, 1.82) is 5.41 Å². The Bertz CT molecular complexity index is 783. The summed E-state index contributed by atoms with van der Waals surface area (Å²) in [6.45, 7) is 1.62. The Morgan fingerprint density at radius 2 is 1.92 bits per heavy atom. The SMILES string of the molecule is CN(c1ccc(C(=N)c2cc(NC=O)ccc2N)cc1)C1CCOCC1. The van der Waals surface area contributed by atoms with Crippen LogP contribution in [-0.4, -0.2) is 38.4 Å². The lowest BCUT2D eigenvalue weighted by Crippen LogP contribution is -2.36. The summed E-state index contributed by atoms with van der Waals surface area (Å²) in [7, 11) is 2.10. The van der Waals surface area contributed by atoms with Gasteiger partial charge in [-0.05, 0) is 43.2 Å². The lowest BCUT2D eigenvalue weighted by atomic mass is 9.99. The first-order valence-corrected chi connectivity index (χ1v) is 8.70. The quantitative estimate of drug-likeness (QED) is 0.423. The summed E-state index contributed by atoms with van der Waals surface area (Å²) in [5.41, 5.74) is 9.98. The molecule has 6 heteroatoms.